The van der Waals surface area contributed by atoms with E-state index >= 15 is 0 Å². The van der Waals surface area contributed by atoms with Gasteiger partial charge in [0.15, 0.2) is 0 Å². The number of aromatic carboxylic acids is 1. The fourth-order valence-corrected chi connectivity index (χ4v) is 1.88. The number of hydrogen-bond acceptors (Lipinski definition) is 2. The van der Waals surface area contributed by atoms with Gasteiger partial charge >= 0.3 is 5.97 Å². The molecule has 0 aliphatic rings. The van der Waals surface area contributed by atoms with E-state index in [2.05, 4.69) is 15.9 Å². The van der Waals surface area contributed by atoms with Crippen LogP contribution in [-0.2, 0) is 0 Å². The van der Waals surface area contributed by atoms with Crippen LogP contribution < -0.4 is 4.74 Å². The van der Waals surface area contributed by atoms with Gasteiger partial charge in [0, 0.05) is 4.47 Å². The van der Waals surface area contributed by atoms with E-state index in [-0.39, 0.29) is 5.56 Å². The molecule has 0 saturated heterocycles. The van der Waals surface area contributed by atoms with Gasteiger partial charge in [-0.2, -0.15) is 0 Å². The van der Waals surface area contributed by atoms with Crippen molar-refractivity contribution in [2.24, 2.45) is 0 Å². The molecule has 92 valence electrons. The molecule has 0 aromatic heterocycles. The van der Waals surface area contributed by atoms with Crippen LogP contribution in [0.15, 0.2) is 46.9 Å². The van der Waals surface area contributed by atoms with Gasteiger partial charge in [0.05, 0.1) is 5.56 Å². The van der Waals surface area contributed by atoms with E-state index in [1.54, 1.807) is 12.1 Å². The van der Waals surface area contributed by atoms with E-state index in [1.807, 2.05) is 31.2 Å². The van der Waals surface area contributed by atoms with Crippen LogP contribution in [0.4, 0.5) is 0 Å². The topological polar surface area (TPSA) is 46.5 Å². The van der Waals surface area contributed by atoms with Gasteiger partial charge in [-0.15, -0.1) is 0 Å². The molecule has 0 radical (unpaired) electrons. The summed E-state index contributed by atoms with van der Waals surface area (Å²) in [6.07, 6.45) is 0. The molecule has 1 N–H and O–H groups in total. The first kappa shape index (κ1) is 12.6. The highest BCUT2D eigenvalue weighted by Crippen LogP contribution is 2.27. The van der Waals surface area contributed by atoms with Crippen molar-refractivity contribution in [3.8, 4) is 11.5 Å². The average Bonchev–Trinajstić information content (AvgIpc) is 2.31. The molecule has 0 aliphatic heterocycles. The zero-order valence-electron chi connectivity index (χ0n) is 9.68. The smallest absolute Gasteiger partial charge is 0.335 e. The molecule has 0 fully saturated rings. The Morgan fingerprint density at radius 3 is 2.67 bits per heavy atom. The third-order valence-electron chi connectivity index (χ3n) is 2.46. The average molecular weight is 307 g/mol. The summed E-state index contributed by atoms with van der Waals surface area (Å²) in [7, 11) is 0. The van der Waals surface area contributed by atoms with Crippen molar-refractivity contribution in [2.45, 2.75) is 6.92 Å². The van der Waals surface area contributed by atoms with Crippen LogP contribution in [0.2, 0.25) is 0 Å². The van der Waals surface area contributed by atoms with E-state index < -0.39 is 5.97 Å². The highest BCUT2D eigenvalue weighted by atomic mass is 79.9. The molecule has 2 aromatic carbocycles. The third kappa shape index (κ3) is 2.90. The molecule has 2 rings (SSSR count). The Labute approximate surface area is 113 Å². The number of hydrogen-bond donors (Lipinski definition) is 1. The molecule has 0 atom stereocenters. The highest BCUT2D eigenvalue weighted by molar-refractivity contribution is 9.10. The quantitative estimate of drug-likeness (QED) is 0.922. The maximum Gasteiger partial charge on any atom is 0.335 e. The van der Waals surface area contributed by atoms with Crippen LogP contribution in [0.3, 0.4) is 0 Å². The van der Waals surface area contributed by atoms with Crippen molar-refractivity contribution in [2.75, 3.05) is 0 Å². The molecule has 0 unspecified atom stereocenters. The van der Waals surface area contributed by atoms with Gasteiger partial charge in [0.2, 0.25) is 0 Å². The standard InChI is InChI=1S/C14H11BrO3/c1-9-5-6-10(14(16)17)7-13(9)18-12-4-2-3-11(15)8-12/h2-8H,1H3,(H,16,17). The molecule has 0 amide bonds. The molecular formula is C14H11BrO3. The van der Waals surface area contributed by atoms with Gasteiger partial charge in [-0.05, 0) is 42.8 Å². The third-order valence-corrected chi connectivity index (χ3v) is 2.95. The van der Waals surface area contributed by atoms with Crippen LogP contribution >= 0.6 is 15.9 Å². The van der Waals surface area contributed by atoms with Crippen molar-refractivity contribution in [3.63, 3.8) is 0 Å². The van der Waals surface area contributed by atoms with Crippen molar-refractivity contribution < 1.29 is 14.6 Å². The van der Waals surface area contributed by atoms with E-state index in [0.717, 1.165) is 10.0 Å². The van der Waals surface area contributed by atoms with Crippen molar-refractivity contribution in [1.82, 2.24) is 0 Å². The lowest BCUT2D eigenvalue weighted by molar-refractivity contribution is 0.0696. The summed E-state index contributed by atoms with van der Waals surface area (Å²) in [5.74, 6) is 0.247. The zero-order chi connectivity index (χ0) is 13.1. The molecule has 0 bridgehead atoms. The molecule has 3 nitrogen and oxygen atoms in total. The summed E-state index contributed by atoms with van der Waals surface area (Å²) in [6.45, 7) is 1.87. The Hall–Kier alpha value is -1.81. The first-order chi connectivity index (χ1) is 8.56. The number of carbonyl (C=O) groups is 1. The zero-order valence-corrected chi connectivity index (χ0v) is 11.3. The van der Waals surface area contributed by atoms with Crippen molar-refractivity contribution >= 4 is 21.9 Å². The largest absolute Gasteiger partial charge is 0.478 e. The van der Waals surface area contributed by atoms with Crippen LogP contribution in [0.5, 0.6) is 11.5 Å². The fraction of sp³-hybridized carbons (Fsp3) is 0.0714. The van der Waals surface area contributed by atoms with Crippen LogP contribution in [0, 0.1) is 6.92 Å². The number of aryl methyl sites for hydroxylation is 1. The van der Waals surface area contributed by atoms with Gasteiger partial charge in [0.1, 0.15) is 11.5 Å². The van der Waals surface area contributed by atoms with Crippen molar-refractivity contribution in [1.29, 1.82) is 0 Å². The number of ether oxygens (including phenoxy) is 1. The van der Waals surface area contributed by atoms with Gasteiger partial charge in [-0.3, -0.25) is 0 Å². The molecule has 0 aliphatic carbocycles. The molecular weight excluding hydrogens is 296 g/mol. The van der Waals surface area contributed by atoms with E-state index in [4.69, 9.17) is 9.84 Å². The number of carboxylic acids is 1. The summed E-state index contributed by atoms with van der Waals surface area (Å²) in [4.78, 5) is 10.9. The molecule has 2 aromatic rings. The normalized spacial score (nSPS) is 10.1. The summed E-state index contributed by atoms with van der Waals surface area (Å²) in [5.41, 5.74) is 1.10. The minimum absolute atomic E-state index is 0.214. The Bertz CT molecular complexity index is 593. The molecule has 0 saturated carbocycles. The predicted octanol–water partition coefficient (Wildman–Crippen LogP) is 4.25. The monoisotopic (exact) mass is 306 g/mol. The Morgan fingerprint density at radius 1 is 1.22 bits per heavy atom. The first-order valence-electron chi connectivity index (χ1n) is 5.33. The SMILES string of the molecule is Cc1ccc(C(=O)O)cc1Oc1cccc(Br)c1. The molecule has 0 heterocycles. The van der Waals surface area contributed by atoms with Gasteiger partial charge in [0.25, 0.3) is 0 Å². The predicted molar refractivity (Wildman–Crippen MR) is 72.4 cm³/mol. The minimum atomic E-state index is -0.964. The van der Waals surface area contributed by atoms with Gasteiger partial charge in [-0.25, -0.2) is 4.79 Å². The molecule has 0 spiro atoms. The minimum Gasteiger partial charge on any atom is -0.478 e. The molecule has 18 heavy (non-hydrogen) atoms. The summed E-state index contributed by atoms with van der Waals surface area (Å²) in [5, 5.41) is 8.95. The van der Waals surface area contributed by atoms with E-state index in [1.165, 1.54) is 6.07 Å². The van der Waals surface area contributed by atoms with E-state index in [0.29, 0.717) is 11.5 Å². The van der Waals surface area contributed by atoms with Crippen LogP contribution in [0.25, 0.3) is 0 Å². The number of carboxylic acid groups (broad SMARTS) is 1. The second-order valence-electron chi connectivity index (χ2n) is 3.84. The summed E-state index contributed by atoms with van der Waals surface area (Å²) in [6, 6.07) is 12.2. The van der Waals surface area contributed by atoms with Crippen LogP contribution in [0.1, 0.15) is 15.9 Å². The number of rotatable bonds is 3. The number of benzene rings is 2. The molecule has 4 heteroatoms. The Balaban J connectivity index is 2.33. The second kappa shape index (κ2) is 5.23. The van der Waals surface area contributed by atoms with Gasteiger partial charge in [-0.1, -0.05) is 28.1 Å². The van der Waals surface area contributed by atoms with Crippen molar-refractivity contribution in [3.05, 3.63) is 58.1 Å². The Kier molecular flexibility index (Phi) is 3.67. The van der Waals surface area contributed by atoms with Crippen LogP contribution in [-0.4, -0.2) is 11.1 Å². The first-order valence-corrected chi connectivity index (χ1v) is 6.13. The maximum absolute atomic E-state index is 10.9. The lowest BCUT2D eigenvalue weighted by atomic mass is 10.1. The highest BCUT2D eigenvalue weighted by Gasteiger charge is 2.08. The summed E-state index contributed by atoms with van der Waals surface area (Å²) >= 11 is 3.36. The lowest BCUT2D eigenvalue weighted by Crippen LogP contribution is -1.97. The second-order valence-corrected chi connectivity index (χ2v) is 4.76. The summed E-state index contributed by atoms with van der Waals surface area (Å²) < 4.78 is 6.60. The van der Waals surface area contributed by atoms with E-state index in [9.17, 15) is 4.79 Å². The van der Waals surface area contributed by atoms with Gasteiger partial charge < -0.3 is 9.84 Å². The fourth-order valence-electron chi connectivity index (χ4n) is 1.50. The maximum atomic E-state index is 10.9. The Morgan fingerprint density at radius 2 is 2.00 bits per heavy atom. The number of halogens is 1. The lowest BCUT2D eigenvalue weighted by Gasteiger charge is -2.09.